The lowest BCUT2D eigenvalue weighted by molar-refractivity contribution is 0.940. The highest BCUT2D eigenvalue weighted by Gasteiger charge is 2.50. The molecule has 1 aromatic heterocycles. The predicted molar refractivity (Wildman–Crippen MR) is 152 cm³/mol. The zero-order chi connectivity index (χ0) is 24.0. The van der Waals surface area contributed by atoms with Crippen molar-refractivity contribution in [2.75, 3.05) is 0 Å². The van der Waals surface area contributed by atoms with Gasteiger partial charge in [0.2, 0.25) is 0 Å². The number of para-hydroxylation sites is 1. The van der Waals surface area contributed by atoms with E-state index >= 15 is 0 Å². The van der Waals surface area contributed by atoms with E-state index in [9.17, 15) is 0 Å². The number of fused-ring (bicyclic) bond motifs is 6. The molecule has 0 saturated heterocycles. The monoisotopic (exact) mass is 482 g/mol. The van der Waals surface area contributed by atoms with E-state index in [0.717, 1.165) is 42.5 Å². The first-order valence-corrected chi connectivity index (χ1v) is 13.4. The van der Waals surface area contributed by atoms with Crippen LogP contribution >= 0.6 is 12.6 Å². The number of rotatable bonds is 2. The van der Waals surface area contributed by atoms with Gasteiger partial charge in [-0.2, -0.15) is 12.6 Å². The van der Waals surface area contributed by atoms with E-state index in [0.29, 0.717) is 0 Å². The molecule has 0 aliphatic heterocycles. The van der Waals surface area contributed by atoms with Crippen molar-refractivity contribution < 1.29 is 0 Å². The number of benzene rings is 3. The van der Waals surface area contributed by atoms with Gasteiger partial charge in [-0.3, -0.25) is 4.57 Å². The minimum absolute atomic E-state index is 0.405. The van der Waals surface area contributed by atoms with Crippen molar-refractivity contribution in [3.63, 3.8) is 0 Å². The van der Waals surface area contributed by atoms with Crippen LogP contribution in [0.4, 0.5) is 0 Å². The van der Waals surface area contributed by atoms with E-state index in [2.05, 4.69) is 96.5 Å². The van der Waals surface area contributed by atoms with Crippen LogP contribution in [0.15, 0.2) is 78.4 Å². The highest BCUT2D eigenvalue weighted by Crippen LogP contribution is 2.64. The van der Waals surface area contributed by atoms with Crippen LogP contribution in [0.3, 0.4) is 0 Å². The highest BCUT2D eigenvalue weighted by atomic mass is 32.1. The van der Waals surface area contributed by atoms with Crippen molar-refractivity contribution in [1.29, 1.82) is 0 Å². The summed E-state index contributed by atoms with van der Waals surface area (Å²) in [5.74, 6) is 1.01. The molecule has 0 fully saturated rings. The van der Waals surface area contributed by atoms with Gasteiger partial charge in [0.25, 0.3) is 0 Å². The molecule has 1 heterocycles. The Balaban J connectivity index is 1.43. The molecular formula is C33H26N2S. The van der Waals surface area contributed by atoms with Gasteiger partial charge in [0.15, 0.2) is 0 Å². The molecule has 1 atom stereocenters. The summed E-state index contributed by atoms with van der Waals surface area (Å²) in [4.78, 5) is 5.23. The molecule has 4 aliphatic carbocycles. The number of hydrogen-bond acceptors (Lipinski definition) is 2. The van der Waals surface area contributed by atoms with E-state index < -0.39 is 4.75 Å². The van der Waals surface area contributed by atoms with Crippen molar-refractivity contribution >= 4 is 30.4 Å². The standard InChI is InChI=1S/C33H26N2S/c1-20-18-26-24-14-9-13-23-22-12-5-6-15-27(22)33(36,31(23)24)28(26)19-25(20)32-34-29-16-7-8-17-30(29)35(32)21-10-3-2-4-11-21/h2-4,6,9-11,13-19,36H,5,7-8,12H2,1H3. The molecule has 0 saturated carbocycles. The number of aryl methyl sites for hydroxylation is 1. The SMILES string of the molecule is Cc1cc2c(cc1-c1nc3c(n1-c1ccccc1)=CCCC=3)C1(S)C3=C(CCC=C3)c3cccc-2c31. The normalized spacial score (nSPS) is 20.4. The third kappa shape index (κ3) is 2.51. The average molecular weight is 483 g/mol. The van der Waals surface area contributed by atoms with Crippen LogP contribution in [0.5, 0.6) is 0 Å². The lowest BCUT2D eigenvalue weighted by Crippen LogP contribution is -2.31. The summed E-state index contributed by atoms with van der Waals surface area (Å²) in [5.41, 5.74) is 13.1. The summed E-state index contributed by atoms with van der Waals surface area (Å²) in [6.45, 7) is 2.23. The minimum Gasteiger partial charge on any atom is -0.293 e. The van der Waals surface area contributed by atoms with Gasteiger partial charge >= 0.3 is 0 Å². The molecule has 8 rings (SSSR count). The lowest BCUT2D eigenvalue weighted by Gasteiger charge is -2.26. The summed E-state index contributed by atoms with van der Waals surface area (Å²) >= 11 is 5.53. The van der Waals surface area contributed by atoms with Crippen LogP contribution < -0.4 is 10.7 Å². The topological polar surface area (TPSA) is 17.8 Å². The molecule has 36 heavy (non-hydrogen) atoms. The number of aromatic nitrogens is 2. The highest BCUT2D eigenvalue weighted by molar-refractivity contribution is 7.82. The van der Waals surface area contributed by atoms with Gasteiger partial charge < -0.3 is 0 Å². The first-order valence-electron chi connectivity index (χ1n) is 12.9. The van der Waals surface area contributed by atoms with Crippen LogP contribution in [0.25, 0.3) is 45.9 Å². The van der Waals surface area contributed by atoms with Gasteiger partial charge in [0.1, 0.15) is 5.82 Å². The predicted octanol–water partition coefficient (Wildman–Crippen LogP) is 6.47. The van der Waals surface area contributed by atoms with Gasteiger partial charge in [0, 0.05) is 11.3 Å². The lowest BCUT2D eigenvalue weighted by atomic mass is 9.86. The summed E-state index contributed by atoms with van der Waals surface area (Å²) in [5, 5.41) is 2.29. The smallest absolute Gasteiger partial charge is 0.145 e. The Labute approximate surface area is 216 Å². The molecule has 0 radical (unpaired) electrons. The van der Waals surface area contributed by atoms with E-state index in [4.69, 9.17) is 17.6 Å². The Kier molecular flexibility index (Phi) is 4.14. The maximum Gasteiger partial charge on any atom is 0.145 e. The molecule has 4 aliphatic rings. The largest absolute Gasteiger partial charge is 0.293 e. The Morgan fingerprint density at radius 3 is 2.58 bits per heavy atom. The van der Waals surface area contributed by atoms with E-state index in [1.807, 2.05) is 0 Å². The second-order valence-corrected chi connectivity index (χ2v) is 11.0. The Morgan fingerprint density at radius 2 is 1.69 bits per heavy atom. The molecule has 0 N–H and O–H groups in total. The second kappa shape index (κ2) is 7.24. The summed E-state index contributed by atoms with van der Waals surface area (Å²) < 4.78 is 1.94. The Morgan fingerprint density at radius 1 is 0.861 bits per heavy atom. The van der Waals surface area contributed by atoms with E-state index in [1.165, 1.54) is 55.4 Å². The van der Waals surface area contributed by atoms with Crippen LogP contribution in [0.2, 0.25) is 0 Å². The fourth-order valence-electron chi connectivity index (χ4n) is 6.84. The summed E-state index contributed by atoms with van der Waals surface area (Å²) in [7, 11) is 0. The fraction of sp³-hybridized carbons (Fsp3) is 0.182. The van der Waals surface area contributed by atoms with Crippen molar-refractivity contribution in [1.82, 2.24) is 9.55 Å². The van der Waals surface area contributed by atoms with Gasteiger partial charge in [-0.05, 0) is 95.3 Å². The molecular weight excluding hydrogens is 456 g/mol. The number of allylic oxidation sites excluding steroid dienone is 3. The number of imidazole rings is 1. The Bertz CT molecular complexity index is 1800. The van der Waals surface area contributed by atoms with Crippen LogP contribution in [0, 0.1) is 6.92 Å². The maximum absolute atomic E-state index is 5.53. The van der Waals surface area contributed by atoms with Gasteiger partial charge in [0.05, 0.1) is 15.4 Å². The molecule has 3 heteroatoms. The van der Waals surface area contributed by atoms with E-state index in [1.54, 1.807) is 0 Å². The average Bonchev–Trinajstić information content (AvgIpc) is 3.52. The molecule has 174 valence electrons. The minimum atomic E-state index is -0.405. The van der Waals surface area contributed by atoms with Gasteiger partial charge in [-0.1, -0.05) is 66.8 Å². The van der Waals surface area contributed by atoms with Crippen molar-refractivity contribution in [2.24, 2.45) is 0 Å². The second-order valence-electron chi connectivity index (χ2n) is 10.3. The molecule has 0 spiro atoms. The third-order valence-corrected chi connectivity index (χ3v) is 9.10. The van der Waals surface area contributed by atoms with Crippen LogP contribution in [-0.2, 0) is 4.75 Å². The molecule has 1 unspecified atom stereocenters. The molecule has 3 aromatic carbocycles. The van der Waals surface area contributed by atoms with Gasteiger partial charge in [-0.25, -0.2) is 4.98 Å². The van der Waals surface area contributed by atoms with Crippen molar-refractivity contribution in [2.45, 2.75) is 37.4 Å². The zero-order valence-electron chi connectivity index (χ0n) is 20.3. The van der Waals surface area contributed by atoms with Gasteiger partial charge in [-0.15, -0.1) is 0 Å². The first kappa shape index (κ1) is 20.6. The molecule has 4 aromatic rings. The quantitative estimate of drug-likeness (QED) is 0.324. The first-order chi connectivity index (χ1) is 17.7. The Hall–Kier alpha value is -3.56. The zero-order valence-corrected chi connectivity index (χ0v) is 21.1. The fourth-order valence-corrected chi connectivity index (χ4v) is 7.48. The maximum atomic E-state index is 5.53. The number of thiol groups is 1. The van der Waals surface area contributed by atoms with Crippen molar-refractivity contribution in [3.8, 4) is 28.2 Å². The van der Waals surface area contributed by atoms with Crippen molar-refractivity contribution in [3.05, 3.63) is 111 Å². The number of nitrogens with zero attached hydrogens (tertiary/aromatic N) is 2. The van der Waals surface area contributed by atoms with Crippen LogP contribution in [-0.4, -0.2) is 9.55 Å². The van der Waals surface area contributed by atoms with Crippen LogP contribution in [0.1, 0.15) is 47.9 Å². The molecule has 2 nitrogen and oxygen atoms in total. The van der Waals surface area contributed by atoms with E-state index in [-0.39, 0.29) is 0 Å². The molecule has 0 bridgehead atoms. The number of hydrogen-bond donors (Lipinski definition) is 1. The molecule has 0 amide bonds. The third-order valence-electron chi connectivity index (χ3n) is 8.40. The summed E-state index contributed by atoms with van der Waals surface area (Å²) in [6, 6.07) is 22.2. The summed E-state index contributed by atoms with van der Waals surface area (Å²) in [6.07, 6.45) is 13.6.